The van der Waals surface area contributed by atoms with E-state index in [0.717, 1.165) is 58.8 Å². The molecule has 0 N–H and O–H groups in total. The molecular formula is C17H30N2O2. The number of hydrogen-bond acceptors (Lipinski definition) is 3. The van der Waals surface area contributed by atoms with Gasteiger partial charge in [0.05, 0.1) is 13.2 Å². The summed E-state index contributed by atoms with van der Waals surface area (Å²) in [7, 11) is 0. The van der Waals surface area contributed by atoms with Crippen molar-refractivity contribution in [3.8, 4) is 0 Å². The standard InChI is InChI=1S/C17H30N2O2/c1-17(6-2-3-7-17)16(20)19-8-4-5-15(14-19)13-18-9-11-21-12-10-18/h15H,2-14H2,1H3. The number of piperidine rings is 1. The largest absolute Gasteiger partial charge is 0.379 e. The molecule has 0 aromatic rings. The van der Waals surface area contributed by atoms with E-state index in [1.165, 1.54) is 25.7 Å². The Morgan fingerprint density at radius 2 is 1.86 bits per heavy atom. The van der Waals surface area contributed by atoms with Gasteiger partial charge in [0.25, 0.3) is 0 Å². The molecule has 1 saturated carbocycles. The Kier molecular flexibility index (Phi) is 4.85. The summed E-state index contributed by atoms with van der Waals surface area (Å²) >= 11 is 0. The molecule has 0 aromatic heterocycles. The van der Waals surface area contributed by atoms with Crippen LogP contribution in [0.5, 0.6) is 0 Å². The first-order valence-corrected chi connectivity index (χ1v) is 8.77. The van der Waals surface area contributed by atoms with Crippen LogP contribution in [0.25, 0.3) is 0 Å². The lowest BCUT2D eigenvalue weighted by Crippen LogP contribution is -2.49. The smallest absolute Gasteiger partial charge is 0.228 e. The van der Waals surface area contributed by atoms with E-state index in [-0.39, 0.29) is 5.41 Å². The Hall–Kier alpha value is -0.610. The van der Waals surface area contributed by atoms with Gasteiger partial charge in [-0.3, -0.25) is 9.69 Å². The van der Waals surface area contributed by atoms with Gasteiger partial charge in [-0.1, -0.05) is 19.8 Å². The van der Waals surface area contributed by atoms with E-state index >= 15 is 0 Å². The number of likely N-dealkylation sites (tertiary alicyclic amines) is 1. The van der Waals surface area contributed by atoms with Crippen molar-refractivity contribution in [2.75, 3.05) is 45.9 Å². The van der Waals surface area contributed by atoms with Gasteiger partial charge < -0.3 is 9.64 Å². The first-order chi connectivity index (χ1) is 10.2. The van der Waals surface area contributed by atoms with Crippen LogP contribution >= 0.6 is 0 Å². The Balaban J connectivity index is 1.53. The average Bonchev–Trinajstić information content (AvgIpc) is 2.96. The van der Waals surface area contributed by atoms with Crippen LogP contribution in [0.15, 0.2) is 0 Å². The lowest BCUT2D eigenvalue weighted by molar-refractivity contribution is -0.143. The quantitative estimate of drug-likeness (QED) is 0.799. The van der Waals surface area contributed by atoms with E-state index in [1.54, 1.807) is 0 Å². The molecule has 0 spiro atoms. The van der Waals surface area contributed by atoms with E-state index in [9.17, 15) is 4.79 Å². The molecule has 4 heteroatoms. The molecule has 2 aliphatic heterocycles. The second-order valence-electron chi connectivity index (χ2n) is 7.44. The third kappa shape index (κ3) is 3.59. The maximum atomic E-state index is 12.9. The van der Waals surface area contributed by atoms with Crippen molar-refractivity contribution in [2.45, 2.75) is 45.4 Å². The maximum Gasteiger partial charge on any atom is 0.228 e. The van der Waals surface area contributed by atoms with Crippen LogP contribution in [0, 0.1) is 11.3 Å². The molecule has 2 saturated heterocycles. The van der Waals surface area contributed by atoms with Crippen LogP contribution in [0.2, 0.25) is 0 Å². The molecule has 4 nitrogen and oxygen atoms in total. The second-order valence-corrected chi connectivity index (χ2v) is 7.44. The van der Waals surface area contributed by atoms with Crippen molar-refractivity contribution >= 4 is 5.91 Å². The molecule has 1 atom stereocenters. The minimum absolute atomic E-state index is 0.0547. The fourth-order valence-corrected chi connectivity index (χ4v) is 4.30. The zero-order valence-electron chi connectivity index (χ0n) is 13.5. The highest BCUT2D eigenvalue weighted by atomic mass is 16.5. The van der Waals surface area contributed by atoms with Gasteiger partial charge in [-0.25, -0.2) is 0 Å². The van der Waals surface area contributed by atoms with Crippen molar-refractivity contribution < 1.29 is 9.53 Å². The van der Waals surface area contributed by atoms with Gasteiger partial charge in [-0.15, -0.1) is 0 Å². The molecule has 0 bridgehead atoms. The number of hydrogen-bond donors (Lipinski definition) is 0. The molecule has 1 unspecified atom stereocenters. The Morgan fingerprint density at radius 3 is 2.57 bits per heavy atom. The molecule has 21 heavy (non-hydrogen) atoms. The lowest BCUT2D eigenvalue weighted by atomic mass is 9.85. The minimum Gasteiger partial charge on any atom is -0.379 e. The number of ether oxygens (including phenoxy) is 1. The third-order valence-corrected chi connectivity index (χ3v) is 5.65. The van der Waals surface area contributed by atoms with Gasteiger partial charge in [0.15, 0.2) is 0 Å². The minimum atomic E-state index is -0.0547. The Bertz CT molecular complexity index is 360. The van der Waals surface area contributed by atoms with Gasteiger partial charge in [-0.2, -0.15) is 0 Å². The highest BCUT2D eigenvalue weighted by molar-refractivity contribution is 5.82. The third-order valence-electron chi connectivity index (χ3n) is 5.65. The number of nitrogens with zero attached hydrogens (tertiary/aromatic N) is 2. The van der Waals surface area contributed by atoms with Crippen LogP contribution in [0.3, 0.4) is 0 Å². The van der Waals surface area contributed by atoms with Crippen molar-refractivity contribution in [1.82, 2.24) is 9.80 Å². The SMILES string of the molecule is CC1(C(=O)N2CCCC(CN3CCOCC3)C2)CCCC1. The Morgan fingerprint density at radius 1 is 1.14 bits per heavy atom. The maximum absolute atomic E-state index is 12.9. The van der Waals surface area contributed by atoms with E-state index in [4.69, 9.17) is 4.74 Å². The molecule has 2 heterocycles. The molecular weight excluding hydrogens is 264 g/mol. The number of carbonyl (C=O) groups excluding carboxylic acids is 1. The van der Waals surface area contributed by atoms with Gasteiger partial charge in [0, 0.05) is 38.1 Å². The summed E-state index contributed by atoms with van der Waals surface area (Å²) in [6.07, 6.45) is 7.10. The molecule has 1 amide bonds. The molecule has 120 valence electrons. The van der Waals surface area contributed by atoms with Crippen molar-refractivity contribution in [3.05, 3.63) is 0 Å². The van der Waals surface area contributed by atoms with Gasteiger partial charge in [0.1, 0.15) is 0 Å². The van der Waals surface area contributed by atoms with Crippen LogP contribution in [-0.2, 0) is 9.53 Å². The van der Waals surface area contributed by atoms with Crippen LogP contribution in [0.1, 0.15) is 45.4 Å². The number of amides is 1. The zero-order chi connectivity index (χ0) is 14.7. The molecule has 3 fully saturated rings. The lowest BCUT2D eigenvalue weighted by Gasteiger charge is -2.39. The highest BCUT2D eigenvalue weighted by Crippen LogP contribution is 2.39. The summed E-state index contributed by atoms with van der Waals surface area (Å²) in [6, 6.07) is 0. The topological polar surface area (TPSA) is 32.8 Å². The zero-order valence-corrected chi connectivity index (χ0v) is 13.5. The first-order valence-electron chi connectivity index (χ1n) is 8.77. The molecule has 0 aromatic carbocycles. The first kappa shape index (κ1) is 15.3. The Labute approximate surface area is 128 Å². The van der Waals surface area contributed by atoms with Crippen molar-refractivity contribution in [1.29, 1.82) is 0 Å². The summed E-state index contributed by atoms with van der Waals surface area (Å²) < 4.78 is 5.42. The van der Waals surface area contributed by atoms with Gasteiger partial charge >= 0.3 is 0 Å². The summed E-state index contributed by atoms with van der Waals surface area (Å²) in [5.74, 6) is 1.09. The van der Waals surface area contributed by atoms with Crippen molar-refractivity contribution in [2.24, 2.45) is 11.3 Å². The summed E-state index contributed by atoms with van der Waals surface area (Å²) in [4.78, 5) is 17.5. The predicted octanol–water partition coefficient (Wildman–Crippen LogP) is 2.14. The van der Waals surface area contributed by atoms with Crippen molar-refractivity contribution in [3.63, 3.8) is 0 Å². The fourth-order valence-electron chi connectivity index (χ4n) is 4.30. The highest BCUT2D eigenvalue weighted by Gasteiger charge is 2.40. The summed E-state index contributed by atoms with van der Waals surface area (Å²) in [6.45, 7) is 9.14. The average molecular weight is 294 g/mol. The monoisotopic (exact) mass is 294 g/mol. The summed E-state index contributed by atoms with van der Waals surface area (Å²) in [5, 5.41) is 0. The van der Waals surface area contributed by atoms with Crippen LogP contribution in [0.4, 0.5) is 0 Å². The summed E-state index contributed by atoms with van der Waals surface area (Å²) in [5.41, 5.74) is -0.0547. The van der Waals surface area contributed by atoms with E-state index in [1.807, 2.05) is 0 Å². The van der Waals surface area contributed by atoms with Gasteiger partial charge in [0.2, 0.25) is 5.91 Å². The molecule has 3 aliphatic rings. The second kappa shape index (κ2) is 6.66. The van der Waals surface area contributed by atoms with Crippen LogP contribution in [-0.4, -0.2) is 61.6 Å². The number of carbonyl (C=O) groups is 1. The normalized spacial score (nSPS) is 30.5. The van der Waals surface area contributed by atoms with E-state index < -0.39 is 0 Å². The number of morpholine rings is 1. The van der Waals surface area contributed by atoms with E-state index in [2.05, 4.69) is 16.7 Å². The molecule has 0 radical (unpaired) electrons. The predicted molar refractivity (Wildman–Crippen MR) is 83.1 cm³/mol. The number of rotatable bonds is 3. The molecule has 1 aliphatic carbocycles. The van der Waals surface area contributed by atoms with Gasteiger partial charge in [-0.05, 0) is 31.6 Å². The fraction of sp³-hybridized carbons (Fsp3) is 0.941. The molecule has 3 rings (SSSR count). The van der Waals surface area contributed by atoms with Crippen LogP contribution < -0.4 is 0 Å². The van der Waals surface area contributed by atoms with E-state index in [0.29, 0.717) is 11.8 Å².